The van der Waals surface area contributed by atoms with E-state index >= 15 is 0 Å². The van der Waals surface area contributed by atoms with Crippen LogP contribution in [0.2, 0.25) is 0 Å². The van der Waals surface area contributed by atoms with E-state index in [2.05, 4.69) is 12.2 Å². The number of carbonyl (C=O) groups is 1. The van der Waals surface area contributed by atoms with Crippen LogP contribution >= 0.6 is 0 Å². The molecule has 5 nitrogen and oxygen atoms in total. The molecule has 1 rings (SSSR count). The molecule has 0 saturated carbocycles. The van der Waals surface area contributed by atoms with E-state index in [1.165, 1.54) is 0 Å². The molecular formula is C13H26N2O3. The van der Waals surface area contributed by atoms with Gasteiger partial charge < -0.3 is 14.4 Å². The highest BCUT2D eigenvalue weighted by atomic mass is 16.5. The molecule has 1 heterocycles. The number of methoxy groups -OCH3 is 1. The zero-order valence-electron chi connectivity index (χ0n) is 11.8. The average Bonchev–Trinajstić information content (AvgIpc) is 2.70. The largest absolute Gasteiger partial charge is 0.382 e. The van der Waals surface area contributed by atoms with Crippen LogP contribution in [0.3, 0.4) is 0 Å². The third kappa shape index (κ3) is 4.23. The number of carbonyl (C=O) groups excluding carboxylic acids is 1. The van der Waals surface area contributed by atoms with Crippen LogP contribution in [-0.2, 0) is 14.3 Å². The number of ether oxygens (including phenoxy) is 2. The maximum Gasteiger partial charge on any atom is 0.241 e. The Kier molecular flexibility index (Phi) is 7.23. The molecule has 18 heavy (non-hydrogen) atoms. The molecule has 0 spiro atoms. The highest BCUT2D eigenvalue weighted by Gasteiger charge is 2.35. The maximum absolute atomic E-state index is 12.1. The van der Waals surface area contributed by atoms with Gasteiger partial charge in [-0.1, -0.05) is 13.8 Å². The molecule has 1 fully saturated rings. The summed E-state index contributed by atoms with van der Waals surface area (Å²) in [5, 5.41) is 3.37. The number of rotatable bonds is 9. The van der Waals surface area contributed by atoms with Gasteiger partial charge in [0.05, 0.1) is 25.4 Å². The lowest BCUT2D eigenvalue weighted by atomic mass is 10.2. The number of hydrogen-bond acceptors (Lipinski definition) is 4. The normalized spacial score (nSPS) is 23.9. The van der Waals surface area contributed by atoms with E-state index in [0.29, 0.717) is 19.8 Å². The SMILES string of the molecule is CCC1NC(CC)N(CCCOCCOC)C1=O. The van der Waals surface area contributed by atoms with E-state index in [0.717, 1.165) is 25.8 Å². The van der Waals surface area contributed by atoms with E-state index in [9.17, 15) is 4.79 Å². The highest BCUT2D eigenvalue weighted by molar-refractivity contribution is 5.84. The summed E-state index contributed by atoms with van der Waals surface area (Å²) in [7, 11) is 1.66. The number of nitrogens with one attached hydrogen (secondary N) is 1. The first-order valence-corrected chi connectivity index (χ1v) is 6.87. The van der Waals surface area contributed by atoms with E-state index in [-0.39, 0.29) is 18.1 Å². The summed E-state index contributed by atoms with van der Waals surface area (Å²) in [5.74, 6) is 0.237. The molecule has 2 unspecified atom stereocenters. The molecule has 0 aromatic carbocycles. The molecule has 1 saturated heterocycles. The van der Waals surface area contributed by atoms with Crippen LogP contribution in [0.5, 0.6) is 0 Å². The fourth-order valence-corrected chi connectivity index (χ4v) is 2.23. The number of nitrogens with zero attached hydrogens (tertiary/aromatic N) is 1. The van der Waals surface area contributed by atoms with Gasteiger partial charge in [-0.15, -0.1) is 0 Å². The lowest BCUT2D eigenvalue weighted by molar-refractivity contribution is -0.130. The monoisotopic (exact) mass is 258 g/mol. The predicted molar refractivity (Wildman–Crippen MR) is 70.3 cm³/mol. The van der Waals surface area contributed by atoms with Crippen LogP contribution in [0.4, 0.5) is 0 Å². The molecule has 0 aromatic heterocycles. The third-order valence-corrected chi connectivity index (χ3v) is 3.27. The minimum Gasteiger partial charge on any atom is -0.382 e. The first kappa shape index (κ1) is 15.4. The minimum atomic E-state index is 0.00404. The summed E-state index contributed by atoms with van der Waals surface area (Å²) in [6.07, 6.45) is 2.88. The Hall–Kier alpha value is -0.650. The van der Waals surface area contributed by atoms with Crippen molar-refractivity contribution < 1.29 is 14.3 Å². The number of hydrogen-bond donors (Lipinski definition) is 1. The summed E-state index contributed by atoms with van der Waals surface area (Å²) in [4.78, 5) is 14.0. The first-order chi connectivity index (χ1) is 8.74. The molecule has 2 atom stereocenters. The van der Waals surface area contributed by atoms with Crippen molar-refractivity contribution in [3.8, 4) is 0 Å². The number of amides is 1. The molecule has 1 N–H and O–H groups in total. The van der Waals surface area contributed by atoms with Crippen LogP contribution in [-0.4, -0.2) is 56.5 Å². The Morgan fingerprint density at radius 3 is 2.61 bits per heavy atom. The molecule has 5 heteroatoms. The van der Waals surface area contributed by atoms with Gasteiger partial charge in [-0.05, 0) is 19.3 Å². The summed E-state index contributed by atoms with van der Waals surface area (Å²) < 4.78 is 10.3. The Bertz CT molecular complexity index is 248. The molecule has 0 bridgehead atoms. The van der Waals surface area contributed by atoms with Crippen molar-refractivity contribution in [1.82, 2.24) is 10.2 Å². The summed E-state index contributed by atoms with van der Waals surface area (Å²) in [6, 6.07) is 0.00404. The Balaban J connectivity index is 2.24. The molecule has 1 aliphatic rings. The van der Waals surface area contributed by atoms with E-state index in [1.54, 1.807) is 7.11 Å². The topological polar surface area (TPSA) is 50.8 Å². The molecule has 106 valence electrons. The molecule has 1 amide bonds. The fourth-order valence-electron chi connectivity index (χ4n) is 2.23. The van der Waals surface area contributed by atoms with Gasteiger partial charge in [-0.3, -0.25) is 10.1 Å². The van der Waals surface area contributed by atoms with Crippen molar-refractivity contribution in [1.29, 1.82) is 0 Å². The van der Waals surface area contributed by atoms with Gasteiger partial charge in [0.1, 0.15) is 0 Å². The van der Waals surface area contributed by atoms with Crippen molar-refractivity contribution in [2.75, 3.05) is 33.5 Å². The lowest BCUT2D eigenvalue weighted by Crippen LogP contribution is -2.37. The zero-order valence-corrected chi connectivity index (χ0v) is 11.8. The summed E-state index contributed by atoms with van der Waals surface area (Å²) in [5.41, 5.74) is 0. The van der Waals surface area contributed by atoms with Crippen LogP contribution in [0.25, 0.3) is 0 Å². The molecule has 0 aromatic rings. The lowest BCUT2D eigenvalue weighted by Gasteiger charge is -2.22. The molecule has 0 aliphatic carbocycles. The molecular weight excluding hydrogens is 232 g/mol. The van der Waals surface area contributed by atoms with Crippen LogP contribution in [0.1, 0.15) is 33.1 Å². The quantitative estimate of drug-likeness (QED) is 0.627. The highest BCUT2D eigenvalue weighted by Crippen LogP contribution is 2.15. The van der Waals surface area contributed by atoms with Crippen LogP contribution in [0, 0.1) is 0 Å². The maximum atomic E-state index is 12.1. The molecule has 1 aliphatic heterocycles. The van der Waals surface area contributed by atoms with Crippen LogP contribution < -0.4 is 5.32 Å². The fraction of sp³-hybridized carbons (Fsp3) is 0.923. The second kappa shape index (κ2) is 8.45. The van der Waals surface area contributed by atoms with E-state index in [1.807, 2.05) is 11.8 Å². The standard InChI is InChI=1S/C13H26N2O3/c1-4-11-13(16)15(12(5-2)14-11)7-6-8-18-10-9-17-3/h11-12,14H,4-10H2,1-3H3. The zero-order chi connectivity index (χ0) is 13.4. The van der Waals surface area contributed by atoms with Gasteiger partial charge in [0.2, 0.25) is 5.91 Å². The Morgan fingerprint density at radius 1 is 1.22 bits per heavy atom. The summed E-state index contributed by atoms with van der Waals surface area (Å²) >= 11 is 0. The van der Waals surface area contributed by atoms with Gasteiger partial charge >= 0.3 is 0 Å². The second-order valence-electron chi connectivity index (χ2n) is 4.54. The van der Waals surface area contributed by atoms with E-state index < -0.39 is 0 Å². The van der Waals surface area contributed by atoms with Crippen molar-refractivity contribution in [3.05, 3.63) is 0 Å². The van der Waals surface area contributed by atoms with Crippen LogP contribution in [0.15, 0.2) is 0 Å². The smallest absolute Gasteiger partial charge is 0.241 e. The molecule has 0 radical (unpaired) electrons. The predicted octanol–water partition coefficient (Wildman–Crippen LogP) is 0.986. The average molecular weight is 258 g/mol. The van der Waals surface area contributed by atoms with Gasteiger partial charge in [-0.2, -0.15) is 0 Å². The minimum absolute atomic E-state index is 0.00404. The van der Waals surface area contributed by atoms with Gasteiger partial charge in [0.25, 0.3) is 0 Å². The van der Waals surface area contributed by atoms with Gasteiger partial charge in [0, 0.05) is 20.3 Å². The van der Waals surface area contributed by atoms with E-state index in [4.69, 9.17) is 9.47 Å². The Morgan fingerprint density at radius 2 is 2.00 bits per heavy atom. The van der Waals surface area contributed by atoms with Crippen molar-refractivity contribution in [2.45, 2.75) is 45.3 Å². The van der Waals surface area contributed by atoms with Gasteiger partial charge in [-0.25, -0.2) is 0 Å². The Labute approximate surface area is 110 Å². The third-order valence-electron chi connectivity index (χ3n) is 3.27. The summed E-state index contributed by atoms with van der Waals surface area (Å²) in [6.45, 7) is 6.84. The van der Waals surface area contributed by atoms with Crippen molar-refractivity contribution in [2.24, 2.45) is 0 Å². The second-order valence-corrected chi connectivity index (χ2v) is 4.54. The van der Waals surface area contributed by atoms with Crippen molar-refractivity contribution >= 4 is 5.91 Å². The van der Waals surface area contributed by atoms with Gasteiger partial charge in [0.15, 0.2) is 0 Å². The first-order valence-electron chi connectivity index (χ1n) is 6.87. The van der Waals surface area contributed by atoms with Crippen molar-refractivity contribution in [3.63, 3.8) is 0 Å².